The second kappa shape index (κ2) is 7.93. The fourth-order valence-electron chi connectivity index (χ4n) is 2.83. The smallest absolute Gasteiger partial charge is 0.270 e. The maximum atomic E-state index is 12.7. The number of aryl methyl sites for hydroxylation is 1. The highest BCUT2D eigenvalue weighted by molar-refractivity contribution is 6.09. The van der Waals surface area contributed by atoms with Crippen LogP contribution in [-0.4, -0.2) is 40.3 Å². The van der Waals surface area contributed by atoms with Crippen LogP contribution in [-0.2, 0) is 7.05 Å². The summed E-state index contributed by atoms with van der Waals surface area (Å²) < 4.78 is 1.63. The van der Waals surface area contributed by atoms with Gasteiger partial charge in [0.05, 0.1) is 10.5 Å². The SMILES string of the molecule is CN(C)c1ccc([N+](=O)[O-])cc1C(=O)Nc1ccc(C(=O)c2nccn2C)cc1. The summed E-state index contributed by atoms with van der Waals surface area (Å²) in [5.41, 5.74) is 1.45. The zero-order chi connectivity index (χ0) is 21.1. The van der Waals surface area contributed by atoms with E-state index in [2.05, 4.69) is 10.3 Å². The van der Waals surface area contributed by atoms with Crippen LogP contribution in [0.5, 0.6) is 0 Å². The van der Waals surface area contributed by atoms with Crippen molar-refractivity contribution in [2.45, 2.75) is 0 Å². The zero-order valence-electron chi connectivity index (χ0n) is 16.1. The Morgan fingerprint density at radius 3 is 2.38 bits per heavy atom. The highest BCUT2D eigenvalue weighted by Gasteiger charge is 2.19. The van der Waals surface area contributed by atoms with Crippen LogP contribution in [0.15, 0.2) is 54.9 Å². The summed E-state index contributed by atoms with van der Waals surface area (Å²) in [6.45, 7) is 0. The van der Waals surface area contributed by atoms with Gasteiger partial charge in [-0.05, 0) is 30.3 Å². The van der Waals surface area contributed by atoms with Gasteiger partial charge in [0, 0.05) is 62.6 Å². The molecule has 0 aliphatic heterocycles. The fraction of sp³-hybridized carbons (Fsp3) is 0.150. The third kappa shape index (κ3) is 4.13. The number of carbonyl (C=O) groups is 2. The van der Waals surface area contributed by atoms with Crippen LogP contribution in [0, 0.1) is 10.1 Å². The Morgan fingerprint density at radius 2 is 1.83 bits per heavy atom. The van der Waals surface area contributed by atoms with Gasteiger partial charge in [-0.2, -0.15) is 0 Å². The zero-order valence-corrected chi connectivity index (χ0v) is 16.1. The van der Waals surface area contributed by atoms with E-state index in [0.29, 0.717) is 22.8 Å². The molecule has 148 valence electrons. The second-order valence-corrected chi connectivity index (χ2v) is 6.58. The van der Waals surface area contributed by atoms with Crippen molar-refractivity contribution >= 4 is 28.8 Å². The molecule has 0 aliphatic carbocycles. The first-order chi connectivity index (χ1) is 13.8. The number of hydrogen-bond acceptors (Lipinski definition) is 6. The largest absolute Gasteiger partial charge is 0.377 e. The normalized spacial score (nSPS) is 10.4. The first kappa shape index (κ1) is 19.7. The fourth-order valence-corrected chi connectivity index (χ4v) is 2.83. The molecule has 0 saturated heterocycles. The number of hydrogen-bond donors (Lipinski definition) is 1. The molecule has 1 aromatic heterocycles. The lowest BCUT2D eigenvalue weighted by molar-refractivity contribution is -0.384. The number of amides is 1. The molecule has 1 heterocycles. The molecule has 0 fully saturated rings. The molecule has 0 aliphatic rings. The van der Waals surface area contributed by atoms with Crippen LogP contribution in [0.4, 0.5) is 17.1 Å². The van der Waals surface area contributed by atoms with Crippen molar-refractivity contribution in [1.82, 2.24) is 9.55 Å². The number of anilines is 2. The second-order valence-electron chi connectivity index (χ2n) is 6.58. The predicted molar refractivity (Wildman–Crippen MR) is 108 cm³/mol. The number of benzene rings is 2. The Kier molecular flexibility index (Phi) is 5.40. The Hall–Kier alpha value is -4.01. The van der Waals surface area contributed by atoms with E-state index in [9.17, 15) is 19.7 Å². The third-order valence-electron chi connectivity index (χ3n) is 4.35. The van der Waals surface area contributed by atoms with Gasteiger partial charge in [0.2, 0.25) is 5.78 Å². The molecular weight excluding hydrogens is 374 g/mol. The summed E-state index contributed by atoms with van der Waals surface area (Å²) in [5, 5.41) is 13.8. The van der Waals surface area contributed by atoms with Crippen LogP contribution in [0.2, 0.25) is 0 Å². The van der Waals surface area contributed by atoms with Crippen molar-refractivity contribution in [1.29, 1.82) is 0 Å². The Balaban J connectivity index is 1.83. The minimum Gasteiger partial charge on any atom is -0.377 e. The van der Waals surface area contributed by atoms with E-state index in [1.807, 2.05) is 0 Å². The third-order valence-corrected chi connectivity index (χ3v) is 4.35. The minimum absolute atomic E-state index is 0.170. The van der Waals surface area contributed by atoms with Gasteiger partial charge in [-0.3, -0.25) is 19.7 Å². The number of nitro benzene ring substituents is 1. The quantitative estimate of drug-likeness (QED) is 0.392. The van der Waals surface area contributed by atoms with E-state index in [1.165, 1.54) is 18.2 Å². The van der Waals surface area contributed by atoms with Gasteiger partial charge in [-0.1, -0.05) is 0 Å². The van der Waals surface area contributed by atoms with Gasteiger partial charge in [-0.15, -0.1) is 0 Å². The average Bonchev–Trinajstić information content (AvgIpc) is 3.13. The number of non-ortho nitro benzene ring substituents is 1. The van der Waals surface area contributed by atoms with Gasteiger partial charge in [-0.25, -0.2) is 4.98 Å². The number of imidazole rings is 1. The highest BCUT2D eigenvalue weighted by Crippen LogP contribution is 2.25. The monoisotopic (exact) mass is 393 g/mol. The van der Waals surface area contributed by atoms with E-state index in [4.69, 9.17) is 0 Å². The maximum Gasteiger partial charge on any atom is 0.270 e. The van der Waals surface area contributed by atoms with Crippen LogP contribution in [0.3, 0.4) is 0 Å². The summed E-state index contributed by atoms with van der Waals surface area (Å²) in [5.74, 6) is -0.404. The van der Waals surface area contributed by atoms with E-state index in [0.717, 1.165) is 0 Å². The van der Waals surface area contributed by atoms with Crippen molar-refractivity contribution in [3.05, 3.63) is 81.9 Å². The molecule has 9 heteroatoms. The number of carbonyl (C=O) groups excluding carboxylic acids is 2. The van der Waals surface area contributed by atoms with Crippen LogP contribution in [0.1, 0.15) is 26.5 Å². The number of aromatic nitrogens is 2. The molecule has 0 saturated carbocycles. The lowest BCUT2D eigenvalue weighted by atomic mass is 10.1. The van der Waals surface area contributed by atoms with Crippen LogP contribution in [0.25, 0.3) is 0 Å². The Bertz CT molecular complexity index is 1090. The molecule has 1 amide bonds. The van der Waals surface area contributed by atoms with Crippen LogP contribution < -0.4 is 10.2 Å². The van der Waals surface area contributed by atoms with E-state index < -0.39 is 10.8 Å². The summed E-state index contributed by atoms with van der Waals surface area (Å²) in [6.07, 6.45) is 3.23. The molecule has 29 heavy (non-hydrogen) atoms. The molecule has 0 unspecified atom stereocenters. The molecule has 0 spiro atoms. The van der Waals surface area contributed by atoms with Gasteiger partial charge < -0.3 is 14.8 Å². The first-order valence-corrected chi connectivity index (χ1v) is 8.67. The molecular formula is C20H19N5O4. The number of nitro groups is 1. The van der Waals surface area contributed by atoms with Crippen molar-refractivity contribution in [3.63, 3.8) is 0 Å². The number of ketones is 1. The lowest BCUT2D eigenvalue weighted by Gasteiger charge is -2.17. The van der Waals surface area contributed by atoms with Crippen molar-refractivity contribution in [2.75, 3.05) is 24.3 Å². The maximum absolute atomic E-state index is 12.7. The van der Waals surface area contributed by atoms with Crippen LogP contribution >= 0.6 is 0 Å². The lowest BCUT2D eigenvalue weighted by Crippen LogP contribution is -2.19. The predicted octanol–water partition coefficient (Wildman–Crippen LogP) is 2.88. The van der Waals surface area contributed by atoms with Crippen molar-refractivity contribution < 1.29 is 14.5 Å². The standard InChI is InChI=1S/C20H19N5O4/c1-23(2)17-9-8-15(25(28)29)12-16(17)20(27)22-14-6-4-13(5-7-14)18(26)19-21-10-11-24(19)3/h4-12H,1-3H3,(H,22,27). The molecule has 1 N–H and O–H groups in total. The molecule has 0 radical (unpaired) electrons. The summed E-state index contributed by atoms with van der Waals surface area (Å²) in [7, 11) is 5.22. The van der Waals surface area contributed by atoms with Crippen molar-refractivity contribution in [3.8, 4) is 0 Å². The molecule has 9 nitrogen and oxygen atoms in total. The number of nitrogens with zero attached hydrogens (tertiary/aromatic N) is 4. The molecule has 2 aromatic carbocycles. The van der Waals surface area contributed by atoms with E-state index in [-0.39, 0.29) is 17.0 Å². The average molecular weight is 393 g/mol. The van der Waals surface area contributed by atoms with Gasteiger partial charge in [0.15, 0.2) is 5.82 Å². The molecule has 3 aromatic rings. The molecule has 3 rings (SSSR count). The van der Waals surface area contributed by atoms with E-state index >= 15 is 0 Å². The van der Waals surface area contributed by atoms with Gasteiger partial charge in [0.25, 0.3) is 11.6 Å². The Morgan fingerprint density at radius 1 is 1.14 bits per heavy atom. The Labute approximate surface area is 166 Å². The van der Waals surface area contributed by atoms with E-state index in [1.54, 1.807) is 67.3 Å². The summed E-state index contributed by atoms with van der Waals surface area (Å²) in [4.78, 5) is 41.4. The topological polar surface area (TPSA) is 110 Å². The summed E-state index contributed by atoms with van der Waals surface area (Å²) >= 11 is 0. The first-order valence-electron chi connectivity index (χ1n) is 8.67. The van der Waals surface area contributed by atoms with Gasteiger partial charge in [0.1, 0.15) is 0 Å². The molecule has 0 atom stereocenters. The summed E-state index contributed by atoms with van der Waals surface area (Å²) in [6, 6.07) is 10.5. The highest BCUT2D eigenvalue weighted by atomic mass is 16.6. The van der Waals surface area contributed by atoms with Crippen molar-refractivity contribution in [2.24, 2.45) is 7.05 Å². The number of nitrogens with one attached hydrogen (secondary N) is 1. The number of rotatable bonds is 6. The minimum atomic E-state index is -0.547. The van der Waals surface area contributed by atoms with Gasteiger partial charge >= 0.3 is 0 Å². The molecule has 0 bridgehead atoms.